The van der Waals surface area contributed by atoms with E-state index in [9.17, 15) is 19.7 Å². The molecule has 3 rings (SSSR count). The molecular formula is C17H17N3O6S. The summed E-state index contributed by atoms with van der Waals surface area (Å²) in [5.74, 6) is -1.35. The van der Waals surface area contributed by atoms with Crippen molar-refractivity contribution in [2.24, 2.45) is 0 Å². The van der Waals surface area contributed by atoms with Crippen LogP contribution in [-0.2, 0) is 9.53 Å². The highest BCUT2D eigenvalue weighted by molar-refractivity contribution is 7.13. The molecule has 1 aliphatic heterocycles. The Balaban J connectivity index is 1.83. The zero-order chi connectivity index (χ0) is 19.6. The van der Waals surface area contributed by atoms with Gasteiger partial charge in [0.15, 0.2) is 0 Å². The number of carbonyl (C=O) groups excluding carboxylic acids is 1. The summed E-state index contributed by atoms with van der Waals surface area (Å²) >= 11 is 1.20. The number of methoxy groups -OCH3 is 1. The van der Waals surface area contributed by atoms with Crippen LogP contribution < -0.4 is 0 Å². The number of hydrogen-bond acceptors (Lipinski definition) is 7. The number of aliphatic carboxylic acids is 1. The van der Waals surface area contributed by atoms with Crippen LogP contribution in [0.1, 0.15) is 23.3 Å². The first-order chi connectivity index (χ1) is 12.9. The molecule has 1 aromatic heterocycles. The van der Waals surface area contributed by atoms with Crippen molar-refractivity contribution >= 4 is 28.9 Å². The number of rotatable bonds is 6. The normalized spacial score (nSPS) is 19.2. The summed E-state index contributed by atoms with van der Waals surface area (Å²) in [5.41, 5.74) is 0.680. The van der Waals surface area contributed by atoms with Gasteiger partial charge < -0.3 is 14.7 Å². The van der Waals surface area contributed by atoms with Crippen molar-refractivity contribution in [1.82, 2.24) is 9.88 Å². The Bertz CT molecular complexity index is 883. The number of nitro benzene ring substituents is 1. The summed E-state index contributed by atoms with van der Waals surface area (Å²) in [6.07, 6.45) is 0.0809. The minimum Gasteiger partial charge on any atom is -0.481 e. The molecular weight excluding hydrogens is 374 g/mol. The van der Waals surface area contributed by atoms with Crippen molar-refractivity contribution in [3.63, 3.8) is 0 Å². The first-order valence-electron chi connectivity index (χ1n) is 8.15. The summed E-state index contributed by atoms with van der Waals surface area (Å²) in [4.78, 5) is 40.1. The molecule has 0 aliphatic carbocycles. The molecule has 0 spiro atoms. The number of carboxylic acid groups (broad SMARTS) is 1. The van der Waals surface area contributed by atoms with E-state index in [0.29, 0.717) is 23.5 Å². The van der Waals surface area contributed by atoms with E-state index in [4.69, 9.17) is 9.84 Å². The molecule has 0 saturated carbocycles. The Morgan fingerprint density at radius 3 is 2.93 bits per heavy atom. The number of nitrogens with zero attached hydrogens (tertiary/aromatic N) is 3. The van der Waals surface area contributed by atoms with E-state index >= 15 is 0 Å². The van der Waals surface area contributed by atoms with E-state index in [-0.39, 0.29) is 29.8 Å². The fraction of sp³-hybridized carbons (Fsp3) is 0.353. The molecule has 1 N–H and O–H groups in total. The largest absolute Gasteiger partial charge is 0.481 e. The number of hydrogen-bond donors (Lipinski definition) is 1. The summed E-state index contributed by atoms with van der Waals surface area (Å²) < 4.78 is 5.28. The molecule has 1 fully saturated rings. The van der Waals surface area contributed by atoms with Gasteiger partial charge in [0.05, 0.1) is 17.4 Å². The van der Waals surface area contributed by atoms with Gasteiger partial charge in [-0.1, -0.05) is 12.1 Å². The van der Waals surface area contributed by atoms with Crippen LogP contribution >= 0.6 is 11.3 Å². The highest BCUT2D eigenvalue weighted by Gasteiger charge is 2.37. The molecule has 10 heteroatoms. The van der Waals surface area contributed by atoms with Gasteiger partial charge in [-0.05, 0) is 6.42 Å². The predicted octanol–water partition coefficient (Wildman–Crippen LogP) is 2.42. The lowest BCUT2D eigenvalue weighted by atomic mass is 10.1. The number of non-ortho nitro benzene ring substituents is 1. The van der Waals surface area contributed by atoms with Crippen LogP contribution in [0.4, 0.5) is 5.69 Å². The highest BCUT2D eigenvalue weighted by atomic mass is 32.1. The van der Waals surface area contributed by atoms with Crippen molar-refractivity contribution in [3.05, 3.63) is 45.5 Å². The smallest absolute Gasteiger partial charge is 0.305 e. The Morgan fingerprint density at radius 1 is 1.48 bits per heavy atom. The second-order valence-electron chi connectivity index (χ2n) is 6.15. The second kappa shape index (κ2) is 7.80. The Labute approximate surface area is 158 Å². The molecule has 1 aromatic carbocycles. The first-order valence-corrected chi connectivity index (χ1v) is 9.03. The van der Waals surface area contributed by atoms with E-state index < -0.39 is 16.9 Å². The van der Waals surface area contributed by atoms with Crippen molar-refractivity contribution in [2.45, 2.75) is 25.0 Å². The van der Waals surface area contributed by atoms with Crippen molar-refractivity contribution in [2.75, 3.05) is 13.7 Å². The molecule has 2 heterocycles. The molecule has 2 unspecified atom stereocenters. The van der Waals surface area contributed by atoms with Crippen LogP contribution in [0.2, 0.25) is 0 Å². The van der Waals surface area contributed by atoms with E-state index in [2.05, 4.69) is 4.98 Å². The number of carboxylic acids is 1. The summed E-state index contributed by atoms with van der Waals surface area (Å²) in [7, 11) is 1.53. The van der Waals surface area contributed by atoms with Crippen LogP contribution in [0.15, 0.2) is 29.6 Å². The van der Waals surface area contributed by atoms with Crippen LogP contribution in [0.5, 0.6) is 0 Å². The van der Waals surface area contributed by atoms with E-state index in [1.165, 1.54) is 35.5 Å². The van der Waals surface area contributed by atoms with Gasteiger partial charge in [0.2, 0.25) is 0 Å². The zero-order valence-electron chi connectivity index (χ0n) is 14.4. The summed E-state index contributed by atoms with van der Waals surface area (Å²) in [6, 6.07) is 5.57. The third-order valence-electron chi connectivity index (χ3n) is 4.41. The number of thiazole rings is 1. The van der Waals surface area contributed by atoms with E-state index in [1.54, 1.807) is 17.5 Å². The van der Waals surface area contributed by atoms with Crippen molar-refractivity contribution < 1.29 is 24.4 Å². The molecule has 0 bridgehead atoms. The van der Waals surface area contributed by atoms with E-state index in [1.807, 2.05) is 0 Å². The molecule has 9 nitrogen and oxygen atoms in total. The predicted molar refractivity (Wildman–Crippen MR) is 96.7 cm³/mol. The standard InChI is InChI=1S/C17H17N3O6S/c1-26-13-6-12(7-15(21)22)19(8-13)17(23)14-9-27-16(18-14)10-3-2-4-11(5-10)20(24)25/h2-5,9,12-13H,6-8H2,1H3,(H,21,22). The van der Waals surface area contributed by atoms with Crippen molar-refractivity contribution in [3.8, 4) is 10.6 Å². The molecule has 1 saturated heterocycles. The lowest BCUT2D eigenvalue weighted by molar-refractivity contribution is -0.384. The van der Waals surface area contributed by atoms with Gasteiger partial charge >= 0.3 is 5.97 Å². The van der Waals surface area contributed by atoms with Crippen LogP contribution in [0, 0.1) is 10.1 Å². The number of carbonyl (C=O) groups is 2. The van der Waals surface area contributed by atoms with Gasteiger partial charge in [-0.25, -0.2) is 4.98 Å². The second-order valence-corrected chi connectivity index (χ2v) is 7.01. The Hall–Kier alpha value is -2.85. The molecule has 1 amide bonds. The lowest BCUT2D eigenvalue weighted by Crippen LogP contribution is -2.37. The molecule has 0 radical (unpaired) electrons. The van der Waals surface area contributed by atoms with Gasteiger partial charge in [-0.3, -0.25) is 19.7 Å². The van der Waals surface area contributed by atoms with E-state index in [0.717, 1.165) is 0 Å². The monoisotopic (exact) mass is 391 g/mol. The first kappa shape index (κ1) is 18.9. The average Bonchev–Trinajstić information content (AvgIpc) is 3.28. The summed E-state index contributed by atoms with van der Waals surface area (Å²) in [6.45, 7) is 0.303. The molecule has 27 heavy (non-hydrogen) atoms. The molecule has 2 atom stereocenters. The van der Waals surface area contributed by atoms with Crippen LogP contribution in [0.3, 0.4) is 0 Å². The average molecular weight is 391 g/mol. The summed E-state index contributed by atoms with van der Waals surface area (Å²) in [5, 5.41) is 22.1. The van der Waals surface area contributed by atoms with Gasteiger partial charge in [-0.2, -0.15) is 0 Å². The lowest BCUT2D eigenvalue weighted by Gasteiger charge is -2.22. The fourth-order valence-electron chi connectivity index (χ4n) is 3.09. The van der Waals surface area contributed by atoms with Gasteiger partial charge in [0, 0.05) is 42.8 Å². The number of amides is 1. The number of nitro groups is 1. The Morgan fingerprint density at radius 2 is 2.26 bits per heavy atom. The van der Waals surface area contributed by atoms with Gasteiger partial charge in [0.25, 0.3) is 11.6 Å². The third-order valence-corrected chi connectivity index (χ3v) is 5.30. The topological polar surface area (TPSA) is 123 Å². The Kier molecular flexibility index (Phi) is 5.47. The maximum Gasteiger partial charge on any atom is 0.305 e. The maximum atomic E-state index is 12.8. The van der Waals surface area contributed by atoms with Crippen LogP contribution in [-0.4, -0.2) is 57.6 Å². The maximum absolute atomic E-state index is 12.8. The number of benzene rings is 1. The highest BCUT2D eigenvalue weighted by Crippen LogP contribution is 2.29. The quantitative estimate of drug-likeness (QED) is 0.592. The SMILES string of the molecule is COC1CC(CC(=O)O)N(C(=O)c2csc(-c3cccc([N+](=O)[O-])c3)n2)C1. The van der Waals surface area contributed by atoms with Crippen LogP contribution in [0.25, 0.3) is 10.6 Å². The molecule has 142 valence electrons. The zero-order valence-corrected chi connectivity index (χ0v) is 15.2. The number of aromatic nitrogens is 1. The molecule has 1 aliphatic rings. The minimum atomic E-state index is -0.981. The van der Waals surface area contributed by atoms with Crippen molar-refractivity contribution in [1.29, 1.82) is 0 Å². The van der Waals surface area contributed by atoms with Gasteiger partial charge in [-0.15, -0.1) is 11.3 Å². The van der Waals surface area contributed by atoms with Gasteiger partial charge in [0.1, 0.15) is 10.7 Å². The number of ether oxygens (including phenoxy) is 1. The third kappa shape index (κ3) is 4.12. The molecule has 2 aromatic rings. The number of likely N-dealkylation sites (tertiary alicyclic amines) is 1. The minimum absolute atomic E-state index is 0.0559. The fourth-order valence-corrected chi connectivity index (χ4v) is 3.88.